The smallest absolute Gasteiger partial charge is 0.156 e. The fraction of sp³-hybridized carbons (Fsp3) is 0.917. The molecule has 1 saturated heterocycles. The molecule has 0 amide bonds. The van der Waals surface area contributed by atoms with Crippen LogP contribution in [-0.2, 0) is 4.74 Å². The molecule has 2 rings (SSSR count). The minimum atomic E-state index is 0.549. The van der Waals surface area contributed by atoms with Gasteiger partial charge in [-0.05, 0) is 31.6 Å². The number of nitrogens with one attached hydrogen (secondary N) is 1. The van der Waals surface area contributed by atoms with E-state index >= 15 is 0 Å². The lowest BCUT2D eigenvalue weighted by molar-refractivity contribution is 0.132. The highest BCUT2D eigenvalue weighted by Gasteiger charge is 2.21. The molecular formula is C12H22N2OS. The first-order valence-corrected chi connectivity index (χ1v) is 7.26. The van der Waals surface area contributed by atoms with Crippen LogP contribution in [0.5, 0.6) is 0 Å². The molecule has 2 aliphatic rings. The number of rotatable bonds is 5. The summed E-state index contributed by atoms with van der Waals surface area (Å²) >= 11 is 1.84. The van der Waals surface area contributed by atoms with Crippen LogP contribution in [0.1, 0.15) is 26.7 Å². The molecule has 92 valence electrons. The van der Waals surface area contributed by atoms with Crippen molar-refractivity contribution in [3.05, 3.63) is 0 Å². The van der Waals surface area contributed by atoms with Gasteiger partial charge in [0.1, 0.15) is 0 Å². The monoisotopic (exact) mass is 242 g/mol. The first-order chi connectivity index (χ1) is 7.75. The maximum Gasteiger partial charge on any atom is 0.156 e. The predicted molar refractivity (Wildman–Crippen MR) is 70.1 cm³/mol. The third-order valence-corrected chi connectivity index (χ3v) is 4.44. The van der Waals surface area contributed by atoms with Crippen molar-refractivity contribution >= 4 is 16.9 Å². The average molecular weight is 242 g/mol. The molecule has 1 heterocycles. The van der Waals surface area contributed by atoms with Crippen LogP contribution < -0.4 is 5.32 Å². The molecule has 2 fully saturated rings. The minimum absolute atomic E-state index is 0.549. The molecule has 2 unspecified atom stereocenters. The Kier molecular flexibility index (Phi) is 4.53. The van der Waals surface area contributed by atoms with Crippen molar-refractivity contribution in [1.29, 1.82) is 0 Å². The Morgan fingerprint density at radius 3 is 2.94 bits per heavy atom. The van der Waals surface area contributed by atoms with Gasteiger partial charge in [-0.3, -0.25) is 4.99 Å². The van der Waals surface area contributed by atoms with Crippen LogP contribution in [0.2, 0.25) is 0 Å². The number of nitrogens with zero attached hydrogens (tertiary/aromatic N) is 1. The SMILES string of the molecule is CC1CSC(=NCCOCC2CC2)NC1C. The summed E-state index contributed by atoms with van der Waals surface area (Å²) in [6.45, 7) is 7.01. The van der Waals surface area contributed by atoms with Crippen LogP contribution in [-0.4, -0.2) is 36.7 Å². The second-order valence-corrected chi connectivity index (χ2v) is 5.94. The van der Waals surface area contributed by atoms with Gasteiger partial charge in [-0.1, -0.05) is 18.7 Å². The lowest BCUT2D eigenvalue weighted by Crippen LogP contribution is -2.41. The molecule has 0 spiro atoms. The van der Waals surface area contributed by atoms with Crippen LogP contribution in [0.3, 0.4) is 0 Å². The van der Waals surface area contributed by atoms with E-state index in [9.17, 15) is 0 Å². The van der Waals surface area contributed by atoms with Crippen molar-refractivity contribution in [2.75, 3.05) is 25.5 Å². The first-order valence-electron chi connectivity index (χ1n) is 6.27. The third-order valence-electron chi connectivity index (χ3n) is 3.23. The lowest BCUT2D eigenvalue weighted by Gasteiger charge is -2.28. The minimum Gasteiger partial charge on any atom is -0.379 e. The van der Waals surface area contributed by atoms with Gasteiger partial charge in [0, 0.05) is 18.4 Å². The quantitative estimate of drug-likeness (QED) is 0.750. The zero-order chi connectivity index (χ0) is 11.4. The molecule has 0 bridgehead atoms. The van der Waals surface area contributed by atoms with E-state index in [0.29, 0.717) is 6.04 Å². The molecule has 1 aliphatic heterocycles. The Labute approximate surface area is 102 Å². The van der Waals surface area contributed by atoms with E-state index in [4.69, 9.17) is 4.74 Å². The zero-order valence-electron chi connectivity index (χ0n) is 10.2. The summed E-state index contributed by atoms with van der Waals surface area (Å²) < 4.78 is 5.55. The maximum absolute atomic E-state index is 5.55. The van der Waals surface area contributed by atoms with Gasteiger partial charge < -0.3 is 10.1 Å². The lowest BCUT2D eigenvalue weighted by atomic mass is 10.1. The van der Waals surface area contributed by atoms with Gasteiger partial charge in [0.05, 0.1) is 13.2 Å². The van der Waals surface area contributed by atoms with E-state index in [0.717, 1.165) is 36.8 Å². The summed E-state index contributed by atoms with van der Waals surface area (Å²) in [7, 11) is 0. The summed E-state index contributed by atoms with van der Waals surface area (Å²) in [6.07, 6.45) is 2.72. The van der Waals surface area contributed by atoms with Gasteiger partial charge >= 0.3 is 0 Å². The normalized spacial score (nSPS) is 32.8. The number of hydrogen-bond acceptors (Lipinski definition) is 3. The highest BCUT2D eigenvalue weighted by atomic mass is 32.2. The molecule has 1 N–H and O–H groups in total. The van der Waals surface area contributed by atoms with Gasteiger partial charge in [0.2, 0.25) is 0 Å². The van der Waals surface area contributed by atoms with Crippen LogP contribution in [0.25, 0.3) is 0 Å². The van der Waals surface area contributed by atoms with E-state index in [2.05, 4.69) is 24.2 Å². The summed E-state index contributed by atoms with van der Waals surface area (Å²) in [5.41, 5.74) is 0. The fourth-order valence-electron chi connectivity index (χ4n) is 1.57. The molecule has 16 heavy (non-hydrogen) atoms. The molecular weight excluding hydrogens is 220 g/mol. The van der Waals surface area contributed by atoms with E-state index < -0.39 is 0 Å². The number of amidine groups is 1. The molecule has 2 atom stereocenters. The van der Waals surface area contributed by atoms with Gasteiger partial charge in [0.15, 0.2) is 5.17 Å². The average Bonchev–Trinajstić information content (AvgIpc) is 3.07. The molecule has 3 nitrogen and oxygen atoms in total. The van der Waals surface area contributed by atoms with Gasteiger partial charge in [0.25, 0.3) is 0 Å². The number of thioether (sulfide) groups is 1. The zero-order valence-corrected chi connectivity index (χ0v) is 11.1. The van der Waals surface area contributed by atoms with Crippen molar-refractivity contribution in [3.8, 4) is 0 Å². The maximum atomic E-state index is 5.55. The molecule has 0 radical (unpaired) electrons. The Morgan fingerprint density at radius 1 is 1.44 bits per heavy atom. The number of aliphatic imine (C=N–C) groups is 1. The summed E-state index contributed by atoms with van der Waals surface area (Å²) in [5, 5.41) is 4.53. The van der Waals surface area contributed by atoms with E-state index in [1.165, 1.54) is 18.6 Å². The van der Waals surface area contributed by atoms with Crippen molar-refractivity contribution in [1.82, 2.24) is 5.32 Å². The molecule has 0 aromatic rings. The Balaban J connectivity index is 1.59. The molecule has 0 aromatic carbocycles. The largest absolute Gasteiger partial charge is 0.379 e. The summed E-state index contributed by atoms with van der Waals surface area (Å²) in [6, 6.07) is 0.549. The van der Waals surface area contributed by atoms with Crippen molar-refractivity contribution in [2.24, 2.45) is 16.8 Å². The second-order valence-electron chi connectivity index (χ2n) is 4.93. The Morgan fingerprint density at radius 2 is 2.25 bits per heavy atom. The summed E-state index contributed by atoms with van der Waals surface area (Å²) in [4.78, 5) is 4.53. The third kappa shape index (κ3) is 3.98. The topological polar surface area (TPSA) is 33.6 Å². The number of hydrogen-bond donors (Lipinski definition) is 1. The van der Waals surface area contributed by atoms with Crippen LogP contribution in [0.15, 0.2) is 4.99 Å². The van der Waals surface area contributed by atoms with E-state index in [-0.39, 0.29) is 0 Å². The second kappa shape index (κ2) is 5.92. The van der Waals surface area contributed by atoms with Crippen molar-refractivity contribution < 1.29 is 4.74 Å². The van der Waals surface area contributed by atoms with Crippen LogP contribution in [0, 0.1) is 11.8 Å². The predicted octanol–water partition coefficient (Wildman–Crippen LogP) is 2.13. The molecule has 1 saturated carbocycles. The van der Waals surface area contributed by atoms with Gasteiger partial charge in [-0.2, -0.15) is 0 Å². The standard InChI is InChI=1S/C12H22N2OS/c1-9-8-16-12(14-10(9)2)13-5-6-15-7-11-3-4-11/h9-11H,3-8H2,1-2H3,(H,13,14). The highest BCUT2D eigenvalue weighted by molar-refractivity contribution is 8.13. The van der Waals surface area contributed by atoms with E-state index in [1.54, 1.807) is 0 Å². The van der Waals surface area contributed by atoms with Crippen molar-refractivity contribution in [3.63, 3.8) is 0 Å². The number of ether oxygens (including phenoxy) is 1. The summed E-state index contributed by atoms with van der Waals surface area (Å²) in [5.74, 6) is 2.77. The Hall–Kier alpha value is -0.220. The Bertz CT molecular complexity index is 253. The van der Waals surface area contributed by atoms with Gasteiger partial charge in [-0.15, -0.1) is 0 Å². The fourth-order valence-corrected chi connectivity index (χ4v) is 2.73. The molecule has 4 heteroatoms. The van der Waals surface area contributed by atoms with Crippen LogP contribution >= 0.6 is 11.8 Å². The first kappa shape index (κ1) is 12.2. The molecule has 0 aromatic heterocycles. The highest BCUT2D eigenvalue weighted by Crippen LogP contribution is 2.28. The van der Waals surface area contributed by atoms with E-state index in [1.807, 2.05) is 11.8 Å². The van der Waals surface area contributed by atoms with Crippen molar-refractivity contribution in [2.45, 2.75) is 32.7 Å². The molecule has 1 aliphatic carbocycles. The van der Waals surface area contributed by atoms with Crippen LogP contribution in [0.4, 0.5) is 0 Å². The van der Waals surface area contributed by atoms with Gasteiger partial charge in [-0.25, -0.2) is 0 Å².